The molecule has 1 aromatic carbocycles. The second-order valence-corrected chi connectivity index (χ2v) is 4.34. The lowest BCUT2D eigenvalue weighted by atomic mass is 10.1. The maximum Gasteiger partial charge on any atom is 0.194 e. The number of imidazole rings is 1. The van der Waals surface area contributed by atoms with E-state index in [9.17, 15) is 13.2 Å². The number of aromatic nitrogens is 2. The topological polar surface area (TPSA) is 55.9 Å². The fraction of sp³-hybridized carbons (Fsp3) is 0.308. The summed E-state index contributed by atoms with van der Waals surface area (Å²) in [7, 11) is 0. The summed E-state index contributed by atoms with van der Waals surface area (Å²) in [6.07, 6.45) is 4.12. The quantitative estimate of drug-likeness (QED) is 0.503. The lowest BCUT2D eigenvalue weighted by Gasteiger charge is -2.18. The molecular weight excluding hydrogens is 269 g/mol. The summed E-state index contributed by atoms with van der Waals surface area (Å²) in [6.45, 7) is 2.64. The second-order valence-electron chi connectivity index (χ2n) is 4.34. The minimum absolute atomic E-state index is 0.0880. The zero-order chi connectivity index (χ0) is 14.7. The molecule has 0 saturated heterocycles. The maximum atomic E-state index is 13.9. The van der Waals surface area contributed by atoms with E-state index in [1.165, 1.54) is 0 Å². The Morgan fingerprint density at radius 1 is 1.30 bits per heavy atom. The van der Waals surface area contributed by atoms with Gasteiger partial charge < -0.3 is 4.57 Å². The molecular formula is C13H15F3N4. The van der Waals surface area contributed by atoms with Gasteiger partial charge in [-0.3, -0.25) is 5.84 Å². The molecule has 3 N–H and O–H groups in total. The van der Waals surface area contributed by atoms with Crippen LogP contribution >= 0.6 is 0 Å². The van der Waals surface area contributed by atoms with Gasteiger partial charge in [-0.25, -0.2) is 23.6 Å². The molecule has 0 aliphatic heterocycles. The third-order valence-electron chi connectivity index (χ3n) is 3.01. The van der Waals surface area contributed by atoms with Crippen molar-refractivity contribution in [3.8, 4) is 0 Å². The van der Waals surface area contributed by atoms with Crippen molar-refractivity contribution in [1.82, 2.24) is 15.0 Å². The van der Waals surface area contributed by atoms with E-state index in [1.54, 1.807) is 17.0 Å². The van der Waals surface area contributed by atoms with Crippen LogP contribution in [-0.2, 0) is 6.54 Å². The van der Waals surface area contributed by atoms with Crippen molar-refractivity contribution >= 4 is 0 Å². The van der Waals surface area contributed by atoms with E-state index >= 15 is 0 Å². The smallest absolute Gasteiger partial charge is 0.194 e. The molecule has 20 heavy (non-hydrogen) atoms. The van der Waals surface area contributed by atoms with Gasteiger partial charge in [-0.1, -0.05) is 13.0 Å². The van der Waals surface area contributed by atoms with Crippen LogP contribution < -0.4 is 11.3 Å². The third-order valence-corrected chi connectivity index (χ3v) is 3.01. The number of hydrogen-bond acceptors (Lipinski definition) is 3. The van der Waals surface area contributed by atoms with Gasteiger partial charge in [0.15, 0.2) is 17.5 Å². The van der Waals surface area contributed by atoms with Gasteiger partial charge in [-0.15, -0.1) is 0 Å². The van der Waals surface area contributed by atoms with Crippen molar-refractivity contribution in [2.75, 3.05) is 0 Å². The summed E-state index contributed by atoms with van der Waals surface area (Å²) >= 11 is 0. The van der Waals surface area contributed by atoms with E-state index in [2.05, 4.69) is 10.4 Å². The van der Waals surface area contributed by atoms with E-state index in [0.717, 1.165) is 18.6 Å². The molecule has 0 amide bonds. The molecule has 1 heterocycles. The maximum absolute atomic E-state index is 13.9. The number of rotatable bonds is 5. The number of nitrogens with one attached hydrogen (secondary N) is 1. The Bertz CT molecular complexity index is 597. The minimum atomic E-state index is -1.52. The van der Waals surface area contributed by atoms with Gasteiger partial charge in [0, 0.05) is 24.5 Å². The Kier molecular flexibility index (Phi) is 4.41. The zero-order valence-corrected chi connectivity index (χ0v) is 10.9. The molecule has 7 heteroatoms. The van der Waals surface area contributed by atoms with Gasteiger partial charge in [0.2, 0.25) is 0 Å². The van der Waals surface area contributed by atoms with Crippen LogP contribution in [0.3, 0.4) is 0 Å². The van der Waals surface area contributed by atoms with Crippen LogP contribution in [0.4, 0.5) is 13.2 Å². The highest BCUT2D eigenvalue weighted by atomic mass is 19.2. The highest BCUT2D eigenvalue weighted by Crippen LogP contribution is 2.25. The highest BCUT2D eigenvalue weighted by molar-refractivity contribution is 5.28. The molecule has 0 spiro atoms. The van der Waals surface area contributed by atoms with Crippen LogP contribution in [0.5, 0.6) is 0 Å². The summed E-state index contributed by atoms with van der Waals surface area (Å²) in [5.41, 5.74) is 2.31. The molecule has 0 aliphatic rings. The number of nitrogens with zero attached hydrogens (tertiary/aromatic N) is 2. The van der Waals surface area contributed by atoms with E-state index in [0.29, 0.717) is 12.4 Å². The number of aryl methyl sites for hydroxylation is 1. The lowest BCUT2D eigenvalue weighted by molar-refractivity contribution is 0.428. The molecule has 1 aromatic heterocycles. The van der Waals surface area contributed by atoms with Crippen LogP contribution in [0.2, 0.25) is 0 Å². The molecule has 2 rings (SSSR count). The van der Waals surface area contributed by atoms with Gasteiger partial charge in [0.1, 0.15) is 11.9 Å². The summed E-state index contributed by atoms with van der Waals surface area (Å²) < 4.78 is 42.0. The Labute approximate surface area is 114 Å². The first kappa shape index (κ1) is 14.5. The van der Waals surface area contributed by atoms with E-state index < -0.39 is 23.5 Å². The van der Waals surface area contributed by atoms with E-state index in [4.69, 9.17) is 5.84 Å². The second kappa shape index (κ2) is 6.06. The van der Waals surface area contributed by atoms with Gasteiger partial charge in [-0.2, -0.15) is 0 Å². The van der Waals surface area contributed by atoms with Crippen LogP contribution in [0.1, 0.15) is 30.8 Å². The predicted octanol–water partition coefficient (Wildman–Crippen LogP) is 2.26. The summed E-state index contributed by atoms with van der Waals surface area (Å²) in [5, 5.41) is 0. The molecule has 0 aliphatic carbocycles. The van der Waals surface area contributed by atoms with Crippen molar-refractivity contribution in [2.24, 2.45) is 5.84 Å². The van der Waals surface area contributed by atoms with Crippen LogP contribution in [0.15, 0.2) is 24.5 Å². The van der Waals surface area contributed by atoms with Crippen LogP contribution in [-0.4, -0.2) is 9.55 Å². The van der Waals surface area contributed by atoms with Crippen molar-refractivity contribution in [3.05, 3.63) is 53.4 Å². The average Bonchev–Trinajstić information content (AvgIpc) is 2.88. The zero-order valence-electron chi connectivity index (χ0n) is 10.9. The Morgan fingerprint density at radius 3 is 2.70 bits per heavy atom. The van der Waals surface area contributed by atoms with Crippen LogP contribution in [0.25, 0.3) is 0 Å². The molecule has 0 fully saturated rings. The first-order valence-electron chi connectivity index (χ1n) is 6.20. The number of hydrazine groups is 1. The molecule has 0 saturated carbocycles. The van der Waals surface area contributed by atoms with Crippen LogP contribution in [0, 0.1) is 17.5 Å². The van der Waals surface area contributed by atoms with Gasteiger partial charge in [0.25, 0.3) is 0 Å². The monoisotopic (exact) mass is 284 g/mol. The van der Waals surface area contributed by atoms with Gasteiger partial charge in [-0.05, 0) is 12.5 Å². The summed E-state index contributed by atoms with van der Waals surface area (Å²) in [5.74, 6) is 1.86. The Morgan fingerprint density at radius 2 is 2.05 bits per heavy atom. The standard InChI is InChI=1S/C13H15F3N4/c1-2-6-20-7-5-18-13(20)12(19-17)8-3-4-9(14)11(16)10(8)15/h3-5,7,12,19H,2,6,17H2,1H3. The first-order chi connectivity index (χ1) is 9.60. The van der Waals surface area contributed by atoms with Crippen molar-refractivity contribution in [3.63, 3.8) is 0 Å². The van der Waals surface area contributed by atoms with E-state index in [1.807, 2.05) is 6.92 Å². The molecule has 2 aromatic rings. The molecule has 1 unspecified atom stereocenters. The van der Waals surface area contributed by atoms with Gasteiger partial charge in [0.05, 0.1) is 0 Å². The van der Waals surface area contributed by atoms with Crippen molar-refractivity contribution in [1.29, 1.82) is 0 Å². The molecule has 1 atom stereocenters. The first-order valence-corrected chi connectivity index (χ1v) is 6.20. The van der Waals surface area contributed by atoms with Gasteiger partial charge >= 0.3 is 0 Å². The number of nitrogens with two attached hydrogens (primary N) is 1. The number of halogens is 3. The third kappa shape index (κ3) is 2.54. The molecule has 4 nitrogen and oxygen atoms in total. The predicted molar refractivity (Wildman–Crippen MR) is 68.0 cm³/mol. The van der Waals surface area contributed by atoms with Crippen molar-refractivity contribution in [2.45, 2.75) is 25.9 Å². The normalized spacial score (nSPS) is 12.7. The molecule has 0 bridgehead atoms. The minimum Gasteiger partial charge on any atom is -0.333 e. The lowest BCUT2D eigenvalue weighted by Crippen LogP contribution is -2.32. The van der Waals surface area contributed by atoms with Crippen molar-refractivity contribution < 1.29 is 13.2 Å². The Hall–Kier alpha value is -1.86. The molecule has 0 radical (unpaired) electrons. The number of benzene rings is 1. The SMILES string of the molecule is CCCn1ccnc1C(NN)c1ccc(F)c(F)c1F. The summed E-state index contributed by atoms with van der Waals surface area (Å²) in [4.78, 5) is 4.11. The Balaban J connectivity index is 2.47. The average molecular weight is 284 g/mol. The summed E-state index contributed by atoms with van der Waals surface area (Å²) in [6, 6.07) is 1.17. The molecule has 108 valence electrons. The highest BCUT2D eigenvalue weighted by Gasteiger charge is 2.24. The van der Waals surface area contributed by atoms with E-state index in [-0.39, 0.29) is 5.56 Å². The fourth-order valence-electron chi connectivity index (χ4n) is 2.08. The largest absolute Gasteiger partial charge is 0.333 e. The number of hydrogen-bond donors (Lipinski definition) is 2. The fourth-order valence-corrected chi connectivity index (χ4v) is 2.08.